The lowest BCUT2D eigenvalue weighted by Crippen LogP contribution is -2.18. The molecule has 1 aromatic heterocycles. The van der Waals surface area contributed by atoms with Gasteiger partial charge >= 0.3 is 0 Å². The Morgan fingerprint density at radius 1 is 1.21 bits per heavy atom. The van der Waals surface area contributed by atoms with Gasteiger partial charge in [0.2, 0.25) is 0 Å². The number of aryl methyl sites for hydroxylation is 1. The molecule has 0 aliphatic rings. The van der Waals surface area contributed by atoms with Crippen molar-refractivity contribution in [3.63, 3.8) is 0 Å². The number of aliphatic hydroxyl groups is 1. The van der Waals surface area contributed by atoms with Crippen molar-refractivity contribution in [3.05, 3.63) is 53.9 Å². The van der Waals surface area contributed by atoms with E-state index in [0.717, 1.165) is 12.1 Å². The summed E-state index contributed by atoms with van der Waals surface area (Å²) < 4.78 is 1.73. The molecule has 0 amide bonds. The summed E-state index contributed by atoms with van der Waals surface area (Å²) in [5.41, 5.74) is 1.92. The van der Waals surface area contributed by atoms with Crippen molar-refractivity contribution in [2.45, 2.75) is 32.3 Å². The molecule has 2 rings (SSSR count). The topological polar surface area (TPSA) is 38.0 Å². The molecule has 3 atom stereocenters. The number of rotatable bonds is 5. The molecule has 0 aliphatic heterocycles. The normalized spacial score (nSPS) is 16.0. The zero-order chi connectivity index (χ0) is 13.8. The molecule has 1 aromatic carbocycles. The van der Waals surface area contributed by atoms with Gasteiger partial charge in [-0.15, -0.1) is 0 Å². The largest absolute Gasteiger partial charge is 0.386 e. The monoisotopic (exact) mass is 258 g/mol. The van der Waals surface area contributed by atoms with Crippen LogP contribution in [0.15, 0.2) is 42.6 Å². The zero-order valence-corrected chi connectivity index (χ0v) is 11.8. The Kier molecular flexibility index (Phi) is 4.38. The van der Waals surface area contributed by atoms with Crippen molar-refractivity contribution in [1.82, 2.24) is 9.78 Å². The summed E-state index contributed by atoms with van der Waals surface area (Å²) in [5.74, 6) is 0.487. The molecule has 3 unspecified atom stereocenters. The first-order valence-corrected chi connectivity index (χ1v) is 6.86. The van der Waals surface area contributed by atoms with Crippen LogP contribution in [-0.2, 0) is 7.05 Å². The van der Waals surface area contributed by atoms with Crippen LogP contribution >= 0.6 is 0 Å². The van der Waals surface area contributed by atoms with Gasteiger partial charge in [0.05, 0.1) is 5.69 Å². The Labute approximate surface area is 114 Å². The Morgan fingerprint density at radius 3 is 2.42 bits per heavy atom. The average Bonchev–Trinajstić information content (AvgIpc) is 2.86. The maximum Gasteiger partial charge on any atom is 0.105 e. The van der Waals surface area contributed by atoms with E-state index in [-0.39, 0.29) is 5.92 Å². The molecule has 0 bridgehead atoms. The van der Waals surface area contributed by atoms with E-state index in [1.807, 2.05) is 37.5 Å². The number of hydrogen-bond acceptors (Lipinski definition) is 2. The van der Waals surface area contributed by atoms with Gasteiger partial charge in [-0.3, -0.25) is 4.68 Å². The molecule has 2 aromatic rings. The molecule has 0 radical (unpaired) electrons. The van der Waals surface area contributed by atoms with Gasteiger partial charge in [0.1, 0.15) is 6.10 Å². The molecule has 3 nitrogen and oxygen atoms in total. The predicted molar refractivity (Wildman–Crippen MR) is 76.8 cm³/mol. The molecule has 1 N–H and O–H groups in total. The van der Waals surface area contributed by atoms with Crippen molar-refractivity contribution in [2.75, 3.05) is 0 Å². The summed E-state index contributed by atoms with van der Waals surface area (Å²) in [6.45, 7) is 4.34. The van der Waals surface area contributed by atoms with E-state index in [1.54, 1.807) is 4.68 Å². The summed E-state index contributed by atoms with van der Waals surface area (Å²) in [6, 6.07) is 12.1. The standard InChI is InChI=1S/C16H22N2O/c1-4-12(2)15(13-8-6-5-7-9-13)16(19)14-10-11-18(3)17-14/h5-12,15-16,19H,4H2,1-3H3. The van der Waals surface area contributed by atoms with Gasteiger partial charge in [-0.25, -0.2) is 0 Å². The highest BCUT2D eigenvalue weighted by atomic mass is 16.3. The lowest BCUT2D eigenvalue weighted by atomic mass is 9.80. The quantitative estimate of drug-likeness (QED) is 0.893. The number of nitrogens with zero attached hydrogens (tertiary/aromatic N) is 2. The average molecular weight is 258 g/mol. The van der Waals surface area contributed by atoms with Crippen molar-refractivity contribution in [3.8, 4) is 0 Å². The lowest BCUT2D eigenvalue weighted by molar-refractivity contribution is 0.113. The molecule has 3 heteroatoms. The number of hydrogen-bond donors (Lipinski definition) is 1. The first-order valence-electron chi connectivity index (χ1n) is 6.86. The Balaban J connectivity index is 2.33. The zero-order valence-electron chi connectivity index (χ0n) is 11.8. The highest BCUT2D eigenvalue weighted by Crippen LogP contribution is 2.37. The first-order chi connectivity index (χ1) is 9.13. The molecule has 0 spiro atoms. The molecule has 19 heavy (non-hydrogen) atoms. The van der Waals surface area contributed by atoms with Crippen LogP contribution in [0.5, 0.6) is 0 Å². The smallest absolute Gasteiger partial charge is 0.105 e. The minimum atomic E-state index is -0.557. The van der Waals surface area contributed by atoms with E-state index in [0.29, 0.717) is 5.92 Å². The maximum atomic E-state index is 10.7. The van der Waals surface area contributed by atoms with Crippen molar-refractivity contribution < 1.29 is 5.11 Å². The van der Waals surface area contributed by atoms with E-state index in [4.69, 9.17) is 0 Å². The Morgan fingerprint density at radius 2 is 1.89 bits per heavy atom. The molecular weight excluding hydrogens is 236 g/mol. The summed E-state index contributed by atoms with van der Waals surface area (Å²) in [6.07, 6.45) is 2.35. The predicted octanol–water partition coefficient (Wildman–Crippen LogP) is 3.28. The van der Waals surface area contributed by atoms with E-state index in [2.05, 4.69) is 31.1 Å². The van der Waals surface area contributed by atoms with E-state index < -0.39 is 6.10 Å². The van der Waals surface area contributed by atoms with Crippen LogP contribution in [0.4, 0.5) is 0 Å². The maximum absolute atomic E-state index is 10.7. The second-order valence-electron chi connectivity index (χ2n) is 5.18. The highest BCUT2D eigenvalue weighted by Gasteiger charge is 2.28. The van der Waals surface area contributed by atoms with Gasteiger partial charge in [-0.1, -0.05) is 50.6 Å². The lowest BCUT2D eigenvalue weighted by Gasteiger charge is -2.27. The van der Waals surface area contributed by atoms with Crippen molar-refractivity contribution in [2.24, 2.45) is 13.0 Å². The van der Waals surface area contributed by atoms with Crippen molar-refractivity contribution in [1.29, 1.82) is 0 Å². The summed E-state index contributed by atoms with van der Waals surface area (Å²) in [5, 5.41) is 15.0. The van der Waals surface area contributed by atoms with Crippen LogP contribution in [0.25, 0.3) is 0 Å². The van der Waals surface area contributed by atoms with E-state index >= 15 is 0 Å². The third-order valence-electron chi connectivity index (χ3n) is 3.82. The van der Waals surface area contributed by atoms with Gasteiger partial charge in [0.15, 0.2) is 0 Å². The Hall–Kier alpha value is -1.61. The first kappa shape index (κ1) is 13.8. The van der Waals surface area contributed by atoms with Gasteiger partial charge in [0, 0.05) is 19.2 Å². The van der Waals surface area contributed by atoms with E-state index in [1.165, 1.54) is 5.56 Å². The van der Waals surface area contributed by atoms with Gasteiger partial charge in [-0.05, 0) is 17.5 Å². The summed E-state index contributed by atoms with van der Waals surface area (Å²) in [7, 11) is 1.87. The van der Waals surface area contributed by atoms with Crippen molar-refractivity contribution >= 4 is 0 Å². The third-order valence-corrected chi connectivity index (χ3v) is 3.82. The summed E-state index contributed by atoms with van der Waals surface area (Å²) >= 11 is 0. The molecule has 0 saturated carbocycles. The molecule has 102 valence electrons. The Bertz CT molecular complexity index is 506. The minimum Gasteiger partial charge on any atom is -0.386 e. The van der Waals surface area contributed by atoms with Crippen LogP contribution < -0.4 is 0 Å². The fourth-order valence-corrected chi connectivity index (χ4v) is 2.53. The fraction of sp³-hybridized carbons (Fsp3) is 0.438. The minimum absolute atomic E-state index is 0.0844. The SMILES string of the molecule is CCC(C)C(c1ccccc1)C(O)c1ccn(C)n1. The van der Waals surface area contributed by atoms with E-state index in [9.17, 15) is 5.11 Å². The highest BCUT2D eigenvalue weighted by molar-refractivity contribution is 5.24. The summed E-state index contributed by atoms with van der Waals surface area (Å²) in [4.78, 5) is 0. The van der Waals surface area contributed by atoms with Crippen LogP contribution in [0, 0.1) is 5.92 Å². The fourth-order valence-electron chi connectivity index (χ4n) is 2.53. The number of aliphatic hydroxyl groups excluding tert-OH is 1. The molecule has 0 saturated heterocycles. The molecule has 1 heterocycles. The van der Waals surface area contributed by atoms with Crippen LogP contribution in [0.1, 0.15) is 43.5 Å². The molecule has 0 aliphatic carbocycles. The van der Waals surface area contributed by atoms with Crippen LogP contribution in [0.3, 0.4) is 0 Å². The molecular formula is C16H22N2O. The number of aromatic nitrogens is 2. The third kappa shape index (κ3) is 3.04. The van der Waals surface area contributed by atoms with Gasteiger partial charge in [0.25, 0.3) is 0 Å². The molecule has 0 fully saturated rings. The number of benzene rings is 1. The van der Waals surface area contributed by atoms with Gasteiger partial charge < -0.3 is 5.11 Å². The van der Waals surface area contributed by atoms with Gasteiger partial charge in [-0.2, -0.15) is 5.10 Å². The van der Waals surface area contributed by atoms with Crippen LogP contribution in [0.2, 0.25) is 0 Å². The van der Waals surface area contributed by atoms with Crippen LogP contribution in [-0.4, -0.2) is 14.9 Å². The second-order valence-corrected chi connectivity index (χ2v) is 5.18. The second kappa shape index (κ2) is 6.02.